The summed E-state index contributed by atoms with van der Waals surface area (Å²) in [6.07, 6.45) is 0. The van der Waals surface area contributed by atoms with E-state index in [2.05, 4.69) is 0 Å². The molecule has 0 saturated carbocycles. The molecule has 0 aromatic heterocycles. The first-order valence-corrected chi connectivity index (χ1v) is 0.565. The molecule has 76 valence electrons. The van der Waals surface area contributed by atoms with Gasteiger partial charge in [-0.05, 0) is 0 Å². The molecule has 13 N–H and O–H groups in total. The Labute approximate surface area is 79.9 Å². The Kier molecular flexibility index (Phi) is 1240. The van der Waals surface area contributed by atoms with Crippen LogP contribution in [0, 0.1) is 10.1 Å². The van der Waals surface area contributed by atoms with Gasteiger partial charge in [0.2, 0.25) is 0 Å². The van der Waals surface area contributed by atoms with E-state index >= 15 is 0 Å². The summed E-state index contributed by atoms with van der Waals surface area (Å²) in [4.78, 5) is 8.36. The molecule has 0 aliphatic rings. The topological polar surface area (TPSA) is 252 Å². The largest absolute Gasteiger partial charge is 2.00 e. The van der Waals surface area contributed by atoms with Gasteiger partial charge in [0, 0.05) is 0 Å². The van der Waals surface area contributed by atoms with E-state index in [0.29, 0.717) is 0 Å². The van der Waals surface area contributed by atoms with Crippen LogP contribution >= 0.6 is 0 Å². The molecule has 0 aromatic rings. The van der Waals surface area contributed by atoms with Crippen LogP contribution in [0.5, 0.6) is 0 Å². The monoisotopic (exact) mass is 197 g/mol. The SMILES string of the molecule is O.O.O.O.O.O.O=[N+]([O-])O.[H-].[H-].[Mg+2]. The maximum atomic E-state index is 8.36. The van der Waals surface area contributed by atoms with Crippen molar-refractivity contribution in [2.45, 2.75) is 0 Å². The number of hydrogen-bond donors (Lipinski definition) is 1. The molecule has 0 aliphatic carbocycles. The normalized spacial score (nSPS) is 2.18. The number of nitrogens with zero attached hydrogens (tertiary/aromatic N) is 1. The van der Waals surface area contributed by atoms with Crippen molar-refractivity contribution in [2.75, 3.05) is 0 Å². The summed E-state index contributed by atoms with van der Waals surface area (Å²) >= 11 is 0. The Morgan fingerprint density at radius 2 is 1.00 bits per heavy atom. The van der Waals surface area contributed by atoms with Crippen LogP contribution in [-0.2, 0) is 0 Å². The van der Waals surface area contributed by atoms with Gasteiger partial charge in [-0.2, -0.15) is 0 Å². The van der Waals surface area contributed by atoms with Gasteiger partial charge in [0.15, 0.2) is 0 Å². The summed E-state index contributed by atoms with van der Waals surface area (Å²) in [5, 5.41) is 13.6. The molecule has 0 heterocycles. The minimum atomic E-state index is -1.50. The fourth-order valence-corrected chi connectivity index (χ4v) is 0. The summed E-state index contributed by atoms with van der Waals surface area (Å²) in [6, 6.07) is 0. The zero-order valence-corrected chi connectivity index (χ0v) is 6.83. The number of hydrogen-bond acceptors (Lipinski definition) is 2. The predicted molar refractivity (Wildman–Crippen MR) is 38.4 cm³/mol. The Morgan fingerprint density at radius 1 is 1.00 bits per heavy atom. The molecule has 11 heteroatoms. The summed E-state index contributed by atoms with van der Waals surface area (Å²) in [7, 11) is 0. The molecule has 0 aliphatic heterocycles. The Bertz CT molecular complexity index is 40.6. The van der Waals surface area contributed by atoms with Gasteiger partial charge >= 0.3 is 23.1 Å². The van der Waals surface area contributed by atoms with Gasteiger partial charge in [0.05, 0.1) is 0 Å². The maximum Gasteiger partial charge on any atom is 2.00 e. The van der Waals surface area contributed by atoms with Gasteiger partial charge in [-0.1, -0.05) is 0 Å². The van der Waals surface area contributed by atoms with E-state index in [0.717, 1.165) is 0 Å². The molecule has 0 aromatic carbocycles. The molecule has 0 rings (SSSR count). The van der Waals surface area contributed by atoms with Crippen molar-refractivity contribution in [2.24, 2.45) is 0 Å². The van der Waals surface area contributed by atoms with Crippen LogP contribution in [-0.4, -0.2) is 66.2 Å². The van der Waals surface area contributed by atoms with Crippen molar-refractivity contribution in [3.8, 4) is 0 Å². The molecule has 11 heavy (non-hydrogen) atoms. The predicted octanol–water partition coefficient (Wildman–Crippen LogP) is -5.45. The summed E-state index contributed by atoms with van der Waals surface area (Å²) in [5.41, 5.74) is 0. The Hall–Kier alpha value is -0.274. The fraction of sp³-hybridized carbons (Fsp3) is 0. The molecule has 0 radical (unpaired) electrons. The van der Waals surface area contributed by atoms with Crippen molar-refractivity contribution in [3.63, 3.8) is 0 Å². The second-order valence-corrected chi connectivity index (χ2v) is 0.238. The van der Waals surface area contributed by atoms with E-state index in [-0.39, 0.29) is 58.8 Å². The van der Waals surface area contributed by atoms with Gasteiger partial charge in [-0.3, -0.25) is 0 Å². The molecule has 0 atom stereocenters. The molecule has 0 saturated heterocycles. The maximum absolute atomic E-state index is 8.36. The molecule has 10 nitrogen and oxygen atoms in total. The van der Waals surface area contributed by atoms with Crippen LogP contribution in [0.15, 0.2) is 0 Å². The molecule has 0 fully saturated rings. The van der Waals surface area contributed by atoms with E-state index in [1.54, 1.807) is 0 Å². The first kappa shape index (κ1) is 137. The third kappa shape index (κ3) is 7750. The minimum absolute atomic E-state index is 0. The molecular formula is H15MgNO9. The van der Waals surface area contributed by atoms with Gasteiger partial charge in [0.25, 0.3) is 5.09 Å². The van der Waals surface area contributed by atoms with Crippen LogP contribution in [0.2, 0.25) is 0 Å². The third-order valence-electron chi connectivity index (χ3n) is 0. The zero-order chi connectivity index (χ0) is 3.58. The van der Waals surface area contributed by atoms with E-state index in [9.17, 15) is 0 Å². The van der Waals surface area contributed by atoms with Gasteiger partial charge in [0.1, 0.15) is 0 Å². The first-order chi connectivity index (χ1) is 1.73. The summed E-state index contributed by atoms with van der Waals surface area (Å²) < 4.78 is 0. The third-order valence-corrected chi connectivity index (χ3v) is 0. The molecule has 0 amide bonds. The van der Waals surface area contributed by atoms with Crippen LogP contribution in [0.4, 0.5) is 0 Å². The molecule has 0 unspecified atom stereocenters. The fourth-order valence-electron chi connectivity index (χ4n) is 0. The Balaban J connectivity index is -0.00000000125. The first-order valence-electron chi connectivity index (χ1n) is 0.565. The van der Waals surface area contributed by atoms with Crippen LogP contribution < -0.4 is 0 Å². The van der Waals surface area contributed by atoms with Crippen LogP contribution in [0.1, 0.15) is 2.85 Å². The molecule has 0 spiro atoms. The van der Waals surface area contributed by atoms with E-state index in [1.165, 1.54) is 0 Å². The summed E-state index contributed by atoms with van der Waals surface area (Å²) in [5.74, 6) is 0. The quantitative estimate of drug-likeness (QED) is 0.226. The van der Waals surface area contributed by atoms with Crippen molar-refractivity contribution in [1.29, 1.82) is 0 Å². The second kappa shape index (κ2) is 99.6. The van der Waals surface area contributed by atoms with Crippen molar-refractivity contribution < 1.29 is 46.0 Å². The average molecular weight is 197 g/mol. The molecule has 0 bridgehead atoms. The second-order valence-electron chi connectivity index (χ2n) is 0.238. The minimum Gasteiger partial charge on any atom is -1.00 e. The average Bonchev–Trinajstić information content (AvgIpc) is 0.811. The van der Waals surface area contributed by atoms with Crippen molar-refractivity contribution >= 4 is 23.1 Å². The zero-order valence-electron chi connectivity index (χ0n) is 7.42. The van der Waals surface area contributed by atoms with Crippen molar-refractivity contribution in [3.05, 3.63) is 10.1 Å². The van der Waals surface area contributed by atoms with Gasteiger partial charge < -0.3 is 40.9 Å². The van der Waals surface area contributed by atoms with E-state index < -0.39 is 5.09 Å². The number of rotatable bonds is 0. The Morgan fingerprint density at radius 3 is 1.00 bits per heavy atom. The van der Waals surface area contributed by atoms with Crippen LogP contribution in [0.3, 0.4) is 0 Å². The van der Waals surface area contributed by atoms with E-state index in [4.69, 9.17) is 15.3 Å². The smallest absolute Gasteiger partial charge is 1.00 e. The van der Waals surface area contributed by atoms with Crippen molar-refractivity contribution in [1.82, 2.24) is 0 Å². The van der Waals surface area contributed by atoms with Gasteiger partial charge in [-0.25, -0.2) is 0 Å². The van der Waals surface area contributed by atoms with Crippen LogP contribution in [0.25, 0.3) is 0 Å². The molecular weight excluding hydrogens is 182 g/mol. The van der Waals surface area contributed by atoms with E-state index in [1.807, 2.05) is 0 Å². The standard InChI is InChI=1S/Mg.HNO3.6H2O.2H/c;2-1(3)4;;;;;;;;/h;(H,2,3,4);6*1H2;;/q+2;;;;;;;;2*-1. The summed E-state index contributed by atoms with van der Waals surface area (Å²) in [6.45, 7) is 0. The van der Waals surface area contributed by atoms with Gasteiger partial charge in [-0.15, -0.1) is 10.1 Å².